The van der Waals surface area contributed by atoms with Gasteiger partial charge in [0.25, 0.3) is 5.92 Å². The van der Waals surface area contributed by atoms with E-state index in [9.17, 15) is 31.1 Å². The fourth-order valence-corrected chi connectivity index (χ4v) is 2.24. The maximum absolute atomic E-state index is 13.1. The number of carbonyl (C=O) groups is 1. The molecule has 4 nitrogen and oxygen atoms in total. The minimum Gasteiger partial charge on any atom is -0.370 e. The zero-order chi connectivity index (χ0) is 18.7. The highest BCUT2D eigenvalue weighted by molar-refractivity contribution is 5.95. The number of alkyl halides is 6. The number of rotatable bonds is 7. The fourth-order valence-electron chi connectivity index (χ4n) is 2.24. The van der Waals surface area contributed by atoms with Crippen molar-refractivity contribution < 1.29 is 35.9 Å². The summed E-state index contributed by atoms with van der Waals surface area (Å²) in [5, 5.41) is 4.83. The van der Waals surface area contributed by atoms with Crippen LogP contribution < -0.4 is 10.6 Å². The number of hydrogen-bond donors (Lipinski definition) is 2. The molecule has 1 heterocycles. The molecule has 148 valence electrons. The summed E-state index contributed by atoms with van der Waals surface area (Å²) in [6.45, 7) is -2.40. The highest BCUT2D eigenvalue weighted by atomic mass is 35.5. The summed E-state index contributed by atoms with van der Waals surface area (Å²) >= 11 is 0. The van der Waals surface area contributed by atoms with Gasteiger partial charge < -0.3 is 10.1 Å². The van der Waals surface area contributed by atoms with Gasteiger partial charge in [-0.15, -0.1) is 12.4 Å². The van der Waals surface area contributed by atoms with Crippen LogP contribution >= 0.6 is 12.4 Å². The summed E-state index contributed by atoms with van der Waals surface area (Å²) in [4.78, 5) is 11.9. The third-order valence-electron chi connectivity index (χ3n) is 3.50. The lowest BCUT2D eigenvalue weighted by Gasteiger charge is -2.15. The van der Waals surface area contributed by atoms with Gasteiger partial charge in [0.15, 0.2) is 0 Å². The van der Waals surface area contributed by atoms with Crippen molar-refractivity contribution in [1.82, 2.24) is 5.32 Å². The molecular weight excluding hydrogens is 390 g/mol. The van der Waals surface area contributed by atoms with E-state index in [0.29, 0.717) is 5.56 Å². The van der Waals surface area contributed by atoms with Crippen molar-refractivity contribution in [2.45, 2.75) is 37.3 Å². The lowest BCUT2D eigenvalue weighted by atomic mass is 10.1. The standard InChI is InChI=1S/C15H16F6N2O2.ClH/c16-13(17)15(20,21)8-25-6-9-2-1-3-10(4-9)23-12(24)11-5-14(18,19)7-22-11;/h1-4,11,13,22H,5-8H2,(H,23,24);1H. The number of amides is 1. The quantitative estimate of drug-likeness (QED) is 0.682. The first kappa shape index (κ1) is 22.5. The Morgan fingerprint density at radius 1 is 1.38 bits per heavy atom. The number of hydrogen-bond acceptors (Lipinski definition) is 3. The van der Waals surface area contributed by atoms with Crippen LogP contribution in [0.3, 0.4) is 0 Å². The fraction of sp³-hybridized carbons (Fsp3) is 0.533. The molecule has 1 saturated heterocycles. The Balaban J connectivity index is 0.00000338. The van der Waals surface area contributed by atoms with Crippen LogP contribution in [0.4, 0.5) is 32.0 Å². The first-order valence-corrected chi connectivity index (χ1v) is 7.34. The summed E-state index contributed by atoms with van der Waals surface area (Å²) in [6.07, 6.45) is -4.44. The predicted molar refractivity (Wildman–Crippen MR) is 84.3 cm³/mol. The summed E-state index contributed by atoms with van der Waals surface area (Å²) in [7, 11) is 0. The molecule has 11 heteroatoms. The van der Waals surface area contributed by atoms with Gasteiger partial charge in [0.05, 0.1) is 19.2 Å². The Kier molecular flexibility index (Phi) is 7.72. The number of carbonyl (C=O) groups excluding carboxylic acids is 1. The molecule has 2 N–H and O–H groups in total. The molecule has 1 unspecified atom stereocenters. The molecule has 1 aromatic rings. The summed E-state index contributed by atoms with van der Waals surface area (Å²) in [6, 6.07) is 4.78. The van der Waals surface area contributed by atoms with E-state index in [1.807, 2.05) is 0 Å². The zero-order valence-electron chi connectivity index (χ0n) is 13.3. The van der Waals surface area contributed by atoms with Gasteiger partial charge in [-0.1, -0.05) is 12.1 Å². The molecule has 0 saturated carbocycles. The monoisotopic (exact) mass is 406 g/mol. The molecule has 0 spiro atoms. The largest absolute Gasteiger partial charge is 0.370 e. The Morgan fingerprint density at radius 2 is 2.08 bits per heavy atom. The second-order valence-electron chi connectivity index (χ2n) is 5.74. The zero-order valence-corrected chi connectivity index (χ0v) is 14.1. The maximum atomic E-state index is 13.1. The van der Waals surface area contributed by atoms with E-state index in [-0.39, 0.29) is 24.7 Å². The van der Waals surface area contributed by atoms with Gasteiger partial charge in [0, 0.05) is 12.1 Å². The third-order valence-corrected chi connectivity index (χ3v) is 3.50. The molecule has 0 radical (unpaired) electrons. The third kappa shape index (κ3) is 6.33. The molecule has 0 aliphatic carbocycles. The van der Waals surface area contributed by atoms with Crippen molar-refractivity contribution >= 4 is 24.0 Å². The van der Waals surface area contributed by atoms with Gasteiger partial charge >= 0.3 is 12.3 Å². The summed E-state index contributed by atoms with van der Waals surface area (Å²) in [5.41, 5.74) is 0.608. The molecule has 1 fully saturated rings. The van der Waals surface area contributed by atoms with Crippen LogP contribution in [0, 0.1) is 0 Å². The number of nitrogens with one attached hydrogen (secondary N) is 2. The van der Waals surface area contributed by atoms with Crippen LogP contribution in [-0.2, 0) is 16.1 Å². The first-order chi connectivity index (χ1) is 11.6. The van der Waals surface area contributed by atoms with Crippen LogP contribution in [-0.4, -0.2) is 43.4 Å². The van der Waals surface area contributed by atoms with Crippen LogP contribution in [0.1, 0.15) is 12.0 Å². The smallest absolute Gasteiger partial charge is 0.330 e. The van der Waals surface area contributed by atoms with E-state index in [4.69, 9.17) is 0 Å². The van der Waals surface area contributed by atoms with Crippen molar-refractivity contribution in [2.24, 2.45) is 0 Å². The van der Waals surface area contributed by atoms with Crippen LogP contribution in [0.25, 0.3) is 0 Å². The van der Waals surface area contributed by atoms with Gasteiger partial charge in [-0.05, 0) is 17.7 Å². The molecule has 2 rings (SSSR count). The number of ether oxygens (including phenoxy) is 1. The van der Waals surface area contributed by atoms with Crippen LogP contribution in [0.2, 0.25) is 0 Å². The molecule has 0 aromatic heterocycles. The van der Waals surface area contributed by atoms with Crippen LogP contribution in [0.15, 0.2) is 24.3 Å². The van der Waals surface area contributed by atoms with E-state index < -0.39 is 49.8 Å². The molecule has 1 atom stereocenters. The lowest BCUT2D eigenvalue weighted by molar-refractivity contribution is -0.168. The SMILES string of the molecule is Cl.O=C(Nc1cccc(COCC(F)(F)C(F)F)c1)C1CC(F)(F)CN1. The van der Waals surface area contributed by atoms with Crippen molar-refractivity contribution in [2.75, 3.05) is 18.5 Å². The molecule has 1 aliphatic heterocycles. The van der Waals surface area contributed by atoms with E-state index in [1.165, 1.54) is 24.3 Å². The van der Waals surface area contributed by atoms with Gasteiger partial charge in [0.1, 0.15) is 6.61 Å². The Morgan fingerprint density at radius 3 is 2.65 bits per heavy atom. The summed E-state index contributed by atoms with van der Waals surface area (Å²) in [5.74, 6) is -7.85. The number of halogens is 7. The average molecular weight is 407 g/mol. The highest BCUT2D eigenvalue weighted by Gasteiger charge is 2.42. The Bertz CT molecular complexity index is 618. The summed E-state index contributed by atoms with van der Waals surface area (Å²) < 4.78 is 80.2. The molecule has 1 aliphatic rings. The maximum Gasteiger partial charge on any atom is 0.330 e. The van der Waals surface area contributed by atoms with Gasteiger partial charge in [-0.3, -0.25) is 10.1 Å². The van der Waals surface area contributed by atoms with Crippen molar-refractivity contribution in [3.05, 3.63) is 29.8 Å². The topological polar surface area (TPSA) is 50.4 Å². The van der Waals surface area contributed by atoms with E-state index in [1.54, 1.807) is 0 Å². The van der Waals surface area contributed by atoms with Gasteiger partial charge in [-0.2, -0.15) is 8.78 Å². The number of anilines is 1. The molecule has 26 heavy (non-hydrogen) atoms. The predicted octanol–water partition coefficient (Wildman–Crippen LogP) is 3.46. The van der Waals surface area contributed by atoms with Gasteiger partial charge in [-0.25, -0.2) is 17.6 Å². The second-order valence-corrected chi connectivity index (χ2v) is 5.74. The molecule has 0 bridgehead atoms. The molecular formula is C15H17ClF6N2O2. The minimum absolute atomic E-state index is 0. The van der Waals surface area contributed by atoms with Crippen LogP contribution in [0.5, 0.6) is 0 Å². The lowest BCUT2D eigenvalue weighted by Crippen LogP contribution is -2.35. The first-order valence-electron chi connectivity index (χ1n) is 7.34. The molecule has 1 aromatic carbocycles. The Labute approximate surface area is 151 Å². The minimum atomic E-state index is -4.24. The van der Waals surface area contributed by atoms with Crippen molar-refractivity contribution in [3.8, 4) is 0 Å². The second kappa shape index (κ2) is 8.92. The highest BCUT2D eigenvalue weighted by Crippen LogP contribution is 2.26. The average Bonchev–Trinajstić information content (AvgIpc) is 2.87. The van der Waals surface area contributed by atoms with Crippen molar-refractivity contribution in [3.63, 3.8) is 0 Å². The Hall–Kier alpha value is -1.52. The molecule has 1 amide bonds. The van der Waals surface area contributed by atoms with E-state index in [0.717, 1.165) is 0 Å². The number of benzene rings is 1. The van der Waals surface area contributed by atoms with E-state index >= 15 is 0 Å². The van der Waals surface area contributed by atoms with Crippen molar-refractivity contribution in [1.29, 1.82) is 0 Å². The van der Waals surface area contributed by atoms with Gasteiger partial charge in [0.2, 0.25) is 5.91 Å². The normalized spacial score (nSPS) is 19.3. The van der Waals surface area contributed by atoms with E-state index in [2.05, 4.69) is 15.4 Å².